The molecule has 1 aromatic heterocycles. The van der Waals surface area contributed by atoms with Crippen molar-refractivity contribution in [3.05, 3.63) is 82.2 Å². The lowest BCUT2D eigenvalue weighted by Gasteiger charge is -2.13. The maximum atomic E-state index is 12.8. The molecule has 0 spiro atoms. The van der Waals surface area contributed by atoms with Gasteiger partial charge in [-0.05, 0) is 63.1 Å². The number of nitrogens with one attached hydrogen (secondary N) is 1. The van der Waals surface area contributed by atoms with Crippen LogP contribution >= 0.6 is 0 Å². The van der Waals surface area contributed by atoms with Gasteiger partial charge in [-0.25, -0.2) is 13.1 Å². The molecule has 0 unspecified atom stereocenters. The van der Waals surface area contributed by atoms with Crippen molar-refractivity contribution in [1.82, 2.24) is 15.1 Å². The van der Waals surface area contributed by atoms with Crippen LogP contribution in [0.1, 0.15) is 44.9 Å². The Morgan fingerprint density at radius 3 is 2.47 bits per heavy atom. The zero-order chi connectivity index (χ0) is 22.9. The summed E-state index contributed by atoms with van der Waals surface area (Å²) in [6, 6.07) is 14.6. The average Bonchev–Trinajstić information content (AvgIpc) is 3.25. The molecule has 1 fully saturated rings. The summed E-state index contributed by atoms with van der Waals surface area (Å²) in [5.41, 5.74) is 5.83. The molecule has 0 radical (unpaired) electrons. The second-order valence-electron chi connectivity index (χ2n) is 8.13. The van der Waals surface area contributed by atoms with Gasteiger partial charge in [0.15, 0.2) is 9.84 Å². The van der Waals surface area contributed by atoms with Crippen molar-refractivity contribution in [3.8, 4) is 17.5 Å². The van der Waals surface area contributed by atoms with Gasteiger partial charge in [0.2, 0.25) is 0 Å². The van der Waals surface area contributed by atoms with Gasteiger partial charge in [-0.3, -0.25) is 4.79 Å². The van der Waals surface area contributed by atoms with Crippen molar-refractivity contribution in [1.29, 1.82) is 0 Å². The highest BCUT2D eigenvalue weighted by atomic mass is 32.2. The number of aryl methyl sites for hydroxylation is 1. The summed E-state index contributed by atoms with van der Waals surface area (Å²) in [5.74, 6) is 6.16. The van der Waals surface area contributed by atoms with Crippen LogP contribution in [0.25, 0.3) is 5.69 Å². The normalized spacial score (nSPS) is 16.9. The lowest BCUT2D eigenvalue weighted by molar-refractivity contribution is 0.0941. The number of sulfone groups is 1. The number of amides is 1. The molecule has 0 bridgehead atoms. The van der Waals surface area contributed by atoms with Gasteiger partial charge >= 0.3 is 0 Å². The van der Waals surface area contributed by atoms with E-state index in [4.69, 9.17) is 0 Å². The van der Waals surface area contributed by atoms with Crippen LogP contribution in [0.4, 0.5) is 0 Å². The summed E-state index contributed by atoms with van der Waals surface area (Å²) in [6.07, 6.45) is 0.442. The standard InChI is InChI=1S/C25H25N3O3S/c1-17-18(2)27-28(19(17)3)24-12-11-22(25(29)26-23-13-14-32(30,31)16-23)15-21(24)10-9-20-7-5-4-6-8-20/h4-8,11-12,15,23H,13-14,16H2,1-3H3,(H,26,29)/t23-/m0/s1. The summed E-state index contributed by atoms with van der Waals surface area (Å²) < 4.78 is 25.3. The van der Waals surface area contributed by atoms with Crippen LogP contribution in [0.15, 0.2) is 48.5 Å². The predicted octanol–water partition coefficient (Wildman–Crippen LogP) is 3.11. The molecule has 164 valence electrons. The number of aromatic nitrogens is 2. The van der Waals surface area contributed by atoms with Gasteiger partial charge in [-0.1, -0.05) is 30.0 Å². The van der Waals surface area contributed by atoms with Gasteiger partial charge in [0.25, 0.3) is 5.91 Å². The highest BCUT2D eigenvalue weighted by molar-refractivity contribution is 7.91. The number of hydrogen-bond acceptors (Lipinski definition) is 4. The third kappa shape index (κ3) is 4.61. The fraction of sp³-hybridized carbons (Fsp3) is 0.280. The largest absolute Gasteiger partial charge is 0.348 e. The highest BCUT2D eigenvalue weighted by Crippen LogP contribution is 2.22. The van der Waals surface area contributed by atoms with E-state index in [0.717, 1.165) is 28.2 Å². The first-order chi connectivity index (χ1) is 15.2. The van der Waals surface area contributed by atoms with Crippen molar-refractivity contribution >= 4 is 15.7 Å². The molecular formula is C25H25N3O3S. The van der Waals surface area contributed by atoms with E-state index in [1.807, 2.05) is 61.9 Å². The van der Waals surface area contributed by atoms with Crippen LogP contribution in [0.5, 0.6) is 0 Å². The third-order valence-corrected chi connectivity index (χ3v) is 7.59. The molecule has 1 aliphatic rings. The van der Waals surface area contributed by atoms with Crippen molar-refractivity contribution in [2.75, 3.05) is 11.5 Å². The molecule has 6 nitrogen and oxygen atoms in total. The zero-order valence-corrected chi connectivity index (χ0v) is 19.2. The zero-order valence-electron chi connectivity index (χ0n) is 18.3. The van der Waals surface area contributed by atoms with Gasteiger partial charge in [0.05, 0.1) is 28.5 Å². The number of benzene rings is 2. The number of hydrogen-bond donors (Lipinski definition) is 1. The molecule has 4 rings (SSSR count). The van der Waals surface area contributed by atoms with Crippen LogP contribution < -0.4 is 5.32 Å². The minimum Gasteiger partial charge on any atom is -0.348 e. The fourth-order valence-electron chi connectivity index (χ4n) is 3.76. The maximum Gasteiger partial charge on any atom is 0.251 e. The van der Waals surface area contributed by atoms with Gasteiger partial charge in [-0.2, -0.15) is 5.10 Å². The minimum atomic E-state index is -3.07. The van der Waals surface area contributed by atoms with Crippen LogP contribution in [-0.2, 0) is 9.84 Å². The number of carbonyl (C=O) groups is 1. The van der Waals surface area contributed by atoms with Gasteiger partial charge < -0.3 is 5.32 Å². The van der Waals surface area contributed by atoms with Crippen LogP contribution in [-0.4, -0.2) is 41.7 Å². The Kier molecular flexibility index (Phi) is 5.90. The lowest BCUT2D eigenvalue weighted by atomic mass is 10.1. The van der Waals surface area contributed by atoms with E-state index in [2.05, 4.69) is 22.3 Å². The second kappa shape index (κ2) is 8.64. The van der Waals surface area contributed by atoms with E-state index < -0.39 is 9.84 Å². The Balaban J connectivity index is 1.72. The van der Waals surface area contributed by atoms with E-state index >= 15 is 0 Å². The Morgan fingerprint density at radius 2 is 1.84 bits per heavy atom. The van der Waals surface area contributed by atoms with Gasteiger partial charge in [0.1, 0.15) is 0 Å². The Morgan fingerprint density at radius 1 is 1.09 bits per heavy atom. The summed E-state index contributed by atoms with van der Waals surface area (Å²) in [7, 11) is -3.07. The van der Waals surface area contributed by atoms with Gasteiger partial charge in [0, 0.05) is 22.9 Å². The summed E-state index contributed by atoms with van der Waals surface area (Å²) in [5, 5.41) is 7.50. The first-order valence-electron chi connectivity index (χ1n) is 10.5. The molecule has 0 aliphatic carbocycles. The third-order valence-electron chi connectivity index (χ3n) is 5.82. The smallest absolute Gasteiger partial charge is 0.251 e. The molecular weight excluding hydrogens is 422 g/mol. The quantitative estimate of drug-likeness (QED) is 0.626. The Hall–Kier alpha value is -3.37. The van der Waals surface area contributed by atoms with E-state index in [9.17, 15) is 13.2 Å². The average molecular weight is 448 g/mol. The fourth-order valence-corrected chi connectivity index (χ4v) is 5.43. The molecule has 1 saturated heterocycles. The molecule has 32 heavy (non-hydrogen) atoms. The first-order valence-corrected chi connectivity index (χ1v) is 12.3. The van der Waals surface area contributed by atoms with Crippen molar-refractivity contribution in [2.45, 2.75) is 33.2 Å². The highest BCUT2D eigenvalue weighted by Gasteiger charge is 2.29. The van der Waals surface area contributed by atoms with E-state index in [-0.39, 0.29) is 23.5 Å². The van der Waals surface area contributed by atoms with Crippen molar-refractivity contribution < 1.29 is 13.2 Å². The van der Waals surface area contributed by atoms with E-state index in [0.29, 0.717) is 17.5 Å². The Labute approximate surface area is 188 Å². The minimum absolute atomic E-state index is 0.0114. The number of nitrogens with zero attached hydrogens (tertiary/aromatic N) is 2. The van der Waals surface area contributed by atoms with Crippen LogP contribution in [0.2, 0.25) is 0 Å². The summed E-state index contributed by atoms with van der Waals surface area (Å²) >= 11 is 0. The molecule has 0 saturated carbocycles. The van der Waals surface area contributed by atoms with Crippen molar-refractivity contribution in [3.63, 3.8) is 0 Å². The maximum absolute atomic E-state index is 12.8. The summed E-state index contributed by atoms with van der Waals surface area (Å²) in [6.45, 7) is 6.00. The van der Waals surface area contributed by atoms with E-state index in [1.54, 1.807) is 12.1 Å². The topological polar surface area (TPSA) is 81.1 Å². The molecule has 3 aromatic rings. The van der Waals surface area contributed by atoms with Crippen LogP contribution in [0.3, 0.4) is 0 Å². The second-order valence-corrected chi connectivity index (χ2v) is 10.4. The van der Waals surface area contributed by atoms with Crippen LogP contribution in [0, 0.1) is 32.6 Å². The number of carbonyl (C=O) groups excluding carboxylic acids is 1. The molecule has 1 amide bonds. The van der Waals surface area contributed by atoms with E-state index in [1.165, 1.54) is 0 Å². The lowest BCUT2D eigenvalue weighted by Crippen LogP contribution is -2.35. The molecule has 1 atom stereocenters. The van der Waals surface area contributed by atoms with Gasteiger partial charge in [-0.15, -0.1) is 0 Å². The number of rotatable bonds is 3. The SMILES string of the molecule is Cc1nn(-c2ccc(C(=O)N[C@H]3CCS(=O)(=O)C3)cc2C#Cc2ccccc2)c(C)c1C. The molecule has 2 aromatic carbocycles. The first kappa shape index (κ1) is 21.8. The Bertz CT molecular complexity index is 1350. The molecule has 1 aliphatic heterocycles. The van der Waals surface area contributed by atoms with Crippen molar-refractivity contribution in [2.24, 2.45) is 0 Å². The molecule has 7 heteroatoms. The molecule has 1 N–H and O–H groups in total. The summed E-state index contributed by atoms with van der Waals surface area (Å²) in [4.78, 5) is 12.8. The predicted molar refractivity (Wildman–Crippen MR) is 125 cm³/mol. The molecule has 2 heterocycles. The monoisotopic (exact) mass is 447 g/mol.